The highest BCUT2D eigenvalue weighted by atomic mass is 32.2. The smallest absolute Gasteiger partial charge is 0.308 e. The molecule has 0 saturated carbocycles. The maximum atomic E-state index is 13.8. The van der Waals surface area contributed by atoms with Crippen molar-refractivity contribution < 1.29 is 17.5 Å². The first-order chi connectivity index (χ1) is 12.2. The number of anilines is 1. The van der Waals surface area contributed by atoms with Gasteiger partial charge in [-0.3, -0.25) is 14.1 Å². The first kappa shape index (κ1) is 18.4. The lowest BCUT2D eigenvalue weighted by atomic mass is 10.3. The van der Waals surface area contributed by atoms with E-state index in [9.17, 15) is 17.6 Å². The molecule has 0 radical (unpaired) electrons. The van der Waals surface area contributed by atoms with E-state index in [1.165, 1.54) is 19.2 Å². The van der Waals surface area contributed by atoms with Crippen LogP contribution in [0.4, 0.5) is 10.1 Å². The summed E-state index contributed by atoms with van der Waals surface area (Å²) in [6, 6.07) is 8.27. The molecule has 26 heavy (non-hydrogen) atoms. The summed E-state index contributed by atoms with van der Waals surface area (Å²) in [5.41, 5.74) is 1.04. The lowest BCUT2D eigenvalue weighted by molar-refractivity contribution is 0.385. The van der Waals surface area contributed by atoms with Crippen molar-refractivity contribution in [3.63, 3.8) is 0 Å². The minimum atomic E-state index is -3.97. The first-order valence-electron chi connectivity index (χ1n) is 7.74. The number of methoxy groups -OCH3 is 1. The van der Waals surface area contributed by atoms with Gasteiger partial charge in [0.25, 0.3) is 10.0 Å². The number of sulfonamides is 1. The summed E-state index contributed by atoms with van der Waals surface area (Å²) in [6.07, 6.45) is 0. The van der Waals surface area contributed by atoms with Crippen LogP contribution in [0.25, 0.3) is 10.2 Å². The van der Waals surface area contributed by atoms with E-state index in [-0.39, 0.29) is 21.6 Å². The zero-order valence-electron chi connectivity index (χ0n) is 14.3. The molecule has 3 rings (SSSR count). The van der Waals surface area contributed by atoms with E-state index in [2.05, 4.69) is 4.72 Å². The lowest BCUT2D eigenvalue weighted by Crippen LogP contribution is -2.15. The summed E-state index contributed by atoms with van der Waals surface area (Å²) in [5.74, 6) is -0.803. The van der Waals surface area contributed by atoms with Gasteiger partial charge in [-0.2, -0.15) is 0 Å². The van der Waals surface area contributed by atoms with Gasteiger partial charge in [-0.1, -0.05) is 11.3 Å². The Bertz CT molecular complexity index is 1130. The SMILES string of the molecule is COc1ccc(S(=O)(=O)Nc2ccc3c(c2)sc(=O)n3C(C)C)cc1F. The van der Waals surface area contributed by atoms with Crippen LogP contribution in [0.2, 0.25) is 0 Å². The number of hydrogen-bond donors (Lipinski definition) is 1. The van der Waals surface area contributed by atoms with Crippen LogP contribution in [0.5, 0.6) is 5.75 Å². The Labute approximate surface area is 153 Å². The summed E-state index contributed by atoms with van der Waals surface area (Å²) in [5, 5.41) is 0. The van der Waals surface area contributed by atoms with Gasteiger partial charge in [0.1, 0.15) is 0 Å². The Morgan fingerprint density at radius 3 is 2.54 bits per heavy atom. The Kier molecular flexibility index (Phi) is 4.76. The van der Waals surface area contributed by atoms with Gasteiger partial charge in [0.15, 0.2) is 11.6 Å². The van der Waals surface area contributed by atoms with Crippen molar-refractivity contribution in [2.24, 2.45) is 0 Å². The predicted molar refractivity (Wildman–Crippen MR) is 100 cm³/mol. The van der Waals surface area contributed by atoms with Gasteiger partial charge in [0, 0.05) is 6.04 Å². The monoisotopic (exact) mass is 396 g/mol. The predicted octanol–water partition coefficient (Wildman–Crippen LogP) is 3.59. The zero-order chi connectivity index (χ0) is 19.1. The van der Waals surface area contributed by atoms with Gasteiger partial charge in [-0.25, -0.2) is 12.8 Å². The Morgan fingerprint density at radius 2 is 1.92 bits per heavy atom. The van der Waals surface area contributed by atoms with E-state index < -0.39 is 15.8 Å². The first-order valence-corrected chi connectivity index (χ1v) is 10.0. The molecule has 1 N–H and O–H groups in total. The van der Waals surface area contributed by atoms with Crippen LogP contribution in [-0.4, -0.2) is 20.1 Å². The molecule has 2 aromatic carbocycles. The topological polar surface area (TPSA) is 77.4 Å². The number of nitrogens with zero attached hydrogens (tertiary/aromatic N) is 1. The fraction of sp³-hybridized carbons (Fsp3) is 0.235. The maximum absolute atomic E-state index is 13.8. The van der Waals surface area contributed by atoms with Gasteiger partial charge in [0.05, 0.1) is 27.9 Å². The summed E-state index contributed by atoms with van der Waals surface area (Å²) < 4.78 is 48.3. The van der Waals surface area contributed by atoms with Crippen LogP contribution in [-0.2, 0) is 10.0 Å². The fourth-order valence-corrected chi connectivity index (χ4v) is 4.73. The van der Waals surface area contributed by atoms with Crippen molar-refractivity contribution in [1.29, 1.82) is 0 Å². The molecule has 9 heteroatoms. The van der Waals surface area contributed by atoms with Gasteiger partial charge in [-0.15, -0.1) is 0 Å². The third-order valence-corrected chi connectivity index (χ3v) is 6.11. The van der Waals surface area contributed by atoms with Crippen molar-refractivity contribution >= 4 is 37.3 Å². The minimum Gasteiger partial charge on any atom is -0.494 e. The summed E-state index contributed by atoms with van der Waals surface area (Å²) in [6.45, 7) is 3.81. The number of thiazole rings is 1. The highest BCUT2D eigenvalue weighted by Crippen LogP contribution is 2.27. The molecule has 0 bridgehead atoms. The number of fused-ring (bicyclic) bond motifs is 1. The van der Waals surface area contributed by atoms with Gasteiger partial charge in [0.2, 0.25) is 0 Å². The average Bonchev–Trinajstić information content (AvgIpc) is 2.89. The van der Waals surface area contributed by atoms with E-state index >= 15 is 0 Å². The van der Waals surface area contributed by atoms with Gasteiger partial charge >= 0.3 is 4.87 Å². The number of nitrogens with one attached hydrogen (secondary N) is 1. The van der Waals surface area contributed by atoms with E-state index in [1.807, 2.05) is 13.8 Å². The Hall–Kier alpha value is -2.39. The third-order valence-electron chi connectivity index (χ3n) is 3.82. The van der Waals surface area contributed by atoms with Crippen LogP contribution in [0.3, 0.4) is 0 Å². The van der Waals surface area contributed by atoms with Crippen molar-refractivity contribution in [1.82, 2.24) is 4.57 Å². The van der Waals surface area contributed by atoms with E-state index in [1.54, 1.807) is 22.8 Å². The normalized spacial score (nSPS) is 11.9. The van der Waals surface area contributed by atoms with E-state index in [0.717, 1.165) is 22.9 Å². The molecule has 0 amide bonds. The highest BCUT2D eigenvalue weighted by Gasteiger charge is 2.18. The molecule has 0 unspecified atom stereocenters. The van der Waals surface area contributed by atoms with Crippen molar-refractivity contribution in [2.75, 3.05) is 11.8 Å². The van der Waals surface area contributed by atoms with Crippen molar-refractivity contribution in [3.8, 4) is 5.75 Å². The zero-order valence-corrected chi connectivity index (χ0v) is 15.9. The average molecular weight is 396 g/mol. The van der Waals surface area contributed by atoms with Crippen LogP contribution in [0.15, 0.2) is 46.1 Å². The molecular formula is C17H17FN2O4S2. The van der Waals surface area contributed by atoms with Crippen LogP contribution < -0.4 is 14.3 Å². The Morgan fingerprint density at radius 1 is 1.19 bits per heavy atom. The number of ether oxygens (including phenoxy) is 1. The maximum Gasteiger partial charge on any atom is 0.308 e. The summed E-state index contributed by atoms with van der Waals surface area (Å²) >= 11 is 1.05. The largest absolute Gasteiger partial charge is 0.494 e. The number of aromatic nitrogens is 1. The standard InChI is InChI=1S/C17H17FN2O4S2/c1-10(2)20-14-6-4-11(8-16(14)25-17(20)21)19-26(22,23)12-5-7-15(24-3)13(18)9-12/h4-10,19H,1-3H3. The minimum absolute atomic E-state index is 0.000987. The van der Waals surface area contributed by atoms with Gasteiger partial charge < -0.3 is 4.74 Å². The third kappa shape index (κ3) is 3.32. The lowest BCUT2D eigenvalue weighted by Gasteiger charge is -2.10. The summed E-state index contributed by atoms with van der Waals surface area (Å²) in [4.78, 5) is 11.8. The van der Waals surface area contributed by atoms with E-state index in [0.29, 0.717) is 10.4 Å². The molecule has 6 nitrogen and oxygen atoms in total. The van der Waals surface area contributed by atoms with Crippen LogP contribution in [0.1, 0.15) is 19.9 Å². The highest BCUT2D eigenvalue weighted by molar-refractivity contribution is 7.92. The van der Waals surface area contributed by atoms with E-state index in [4.69, 9.17) is 4.74 Å². The number of hydrogen-bond acceptors (Lipinski definition) is 5. The molecule has 0 saturated heterocycles. The molecule has 0 aliphatic heterocycles. The van der Waals surface area contributed by atoms with Crippen molar-refractivity contribution in [3.05, 3.63) is 51.9 Å². The number of rotatable bonds is 5. The van der Waals surface area contributed by atoms with Crippen molar-refractivity contribution in [2.45, 2.75) is 24.8 Å². The second kappa shape index (κ2) is 6.73. The number of halogens is 1. The van der Waals surface area contributed by atoms with Crippen LogP contribution >= 0.6 is 11.3 Å². The fourth-order valence-electron chi connectivity index (χ4n) is 2.62. The molecule has 138 valence electrons. The quantitative estimate of drug-likeness (QED) is 0.715. The molecule has 3 aromatic rings. The number of benzene rings is 2. The van der Waals surface area contributed by atoms with Crippen LogP contribution in [0, 0.1) is 5.82 Å². The second-order valence-electron chi connectivity index (χ2n) is 5.92. The molecule has 0 aliphatic rings. The summed E-state index contributed by atoms with van der Waals surface area (Å²) in [7, 11) is -2.67. The molecule has 1 aromatic heterocycles. The van der Waals surface area contributed by atoms with Gasteiger partial charge in [-0.05, 0) is 50.2 Å². The molecular weight excluding hydrogens is 379 g/mol. The molecule has 1 heterocycles. The molecule has 0 spiro atoms. The Balaban J connectivity index is 1.97. The second-order valence-corrected chi connectivity index (χ2v) is 8.59. The molecule has 0 fully saturated rings. The molecule has 0 atom stereocenters. The molecule has 0 aliphatic carbocycles.